The average molecular weight is 364 g/mol. The van der Waals surface area contributed by atoms with Gasteiger partial charge in [0.05, 0.1) is 17.3 Å². The van der Waals surface area contributed by atoms with E-state index in [-0.39, 0.29) is 5.69 Å². The van der Waals surface area contributed by atoms with E-state index in [1.165, 1.54) is 18.2 Å². The van der Waals surface area contributed by atoms with Gasteiger partial charge in [0.15, 0.2) is 0 Å². The van der Waals surface area contributed by atoms with Crippen LogP contribution in [0.3, 0.4) is 0 Å². The third-order valence-electron chi connectivity index (χ3n) is 4.36. The zero-order chi connectivity index (χ0) is 19.4. The number of piperazine rings is 1. The number of alkyl halides is 3. The normalized spacial score (nSPS) is 23.1. The standard InChI is InChI=1S/C16H11F3N4O3/c1-8-5-10(4-3-9(8)7-20)22-12(24)13(25)23-15(2,14(22)26)6-11(21-23)16(17,18)19/h3-5H,6H2,1-2H3/t15-/m0/s1. The van der Waals surface area contributed by atoms with Gasteiger partial charge >= 0.3 is 18.0 Å². The molecule has 0 bridgehead atoms. The van der Waals surface area contributed by atoms with Crippen molar-refractivity contribution >= 4 is 29.1 Å². The van der Waals surface area contributed by atoms with Crippen LogP contribution in [0.4, 0.5) is 18.9 Å². The van der Waals surface area contributed by atoms with E-state index >= 15 is 0 Å². The number of nitriles is 1. The maximum atomic E-state index is 13.0. The molecule has 3 rings (SSSR count). The SMILES string of the molecule is Cc1cc(N2C(=O)C(=O)N3N=C(C(F)(F)F)C[C@@]3(C)C2=O)ccc1C#N. The van der Waals surface area contributed by atoms with E-state index in [4.69, 9.17) is 5.26 Å². The first-order valence-electron chi connectivity index (χ1n) is 7.39. The van der Waals surface area contributed by atoms with E-state index in [2.05, 4.69) is 5.10 Å². The Morgan fingerprint density at radius 1 is 1.23 bits per heavy atom. The third kappa shape index (κ3) is 2.35. The zero-order valence-corrected chi connectivity index (χ0v) is 13.6. The van der Waals surface area contributed by atoms with Crippen LogP contribution in [0.25, 0.3) is 0 Å². The largest absolute Gasteiger partial charge is 0.431 e. The molecule has 2 heterocycles. The van der Waals surface area contributed by atoms with Crippen molar-refractivity contribution in [2.24, 2.45) is 5.10 Å². The van der Waals surface area contributed by atoms with Crippen molar-refractivity contribution < 1.29 is 27.6 Å². The molecule has 3 amide bonds. The molecule has 134 valence electrons. The van der Waals surface area contributed by atoms with E-state index in [0.29, 0.717) is 21.0 Å². The Morgan fingerprint density at radius 2 is 1.88 bits per heavy atom. The monoisotopic (exact) mass is 364 g/mol. The molecule has 26 heavy (non-hydrogen) atoms. The van der Waals surface area contributed by atoms with E-state index < -0.39 is 41.6 Å². The number of rotatable bonds is 1. The zero-order valence-electron chi connectivity index (χ0n) is 13.6. The van der Waals surface area contributed by atoms with Crippen molar-refractivity contribution in [1.29, 1.82) is 5.26 Å². The quantitative estimate of drug-likeness (QED) is 0.559. The number of amides is 3. The lowest BCUT2D eigenvalue weighted by atomic mass is 9.90. The van der Waals surface area contributed by atoms with E-state index in [9.17, 15) is 27.6 Å². The van der Waals surface area contributed by atoms with Crippen molar-refractivity contribution in [2.45, 2.75) is 32.0 Å². The predicted octanol–water partition coefficient (Wildman–Crippen LogP) is 1.65. The molecule has 1 aromatic carbocycles. The van der Waals surface area contributed by atoms with Crippen LogP contribution in [-0.4, -0.2) is 40.2 Å². The molecule has 2 aliphatic heterocycles. The smallest absolute Gasteiger partial charge is 0.271 e. The molecule has 1 fully saturated rings. The van der Waals surface area contributed by atoms with Crippen LogP contribution in [0.1, 0.15) is 24.5 Å². The van der Waals surface area contributed by atoms with Crippen LogP contribution in [0, 0.1) is 18.3 Å². The summed E-state index contributed by atoms with van der Waals surface area (Å²) in [5.74, 6) is -3.62. The number of halogens is 3. The highest BCUT2D eigenvalue weighted by atomic mass is 19.4. The Morgan fingerprint density at radius 3 is 2.42 bits per heavy atom. The number of imide groups is 1. The van der Waals surface area contributed by atoms with Crippen LogP contribution in [0.2, 0.25) is 0 Å². The number of hydrogen-bond acceptors (Lipinski definition) is 5. The second-order valence-electron chi connectivity index (χ2n) is 6.17. The fourth-order valence-electron chi connectivity index (χ4n) is 2.93. The first-order chi connectivity index (χ1) is 12.0. The summed E-state index contributed by atoms with van der Waals surface area (Å²) in [6, 6.07) is 5.91. The summed E-state index contributed by atoms with van der Waals surface area (Å²) in [6.45, 7) is 2.70. The van der Waals surface area contributed by atoms with E-state index in [1.54, 1.807) is 6.92 Å². The number of hydrogen-bond donors (Lipinski definition) is 0. The molecule has 0 N–H and O–H groups in total. The number of aryl methyl sites for hydroxylation is 1. The number of benzene rings is 1. The predicted molar refractivity (Wildman–Crippen MR) is 81.7 cm³/mol. The average Bonchev–Trinajstić information content (AvgIpc) is 2.93. The summed E-state index contributed by atoms with van der Waals surface area (Å²) < 4.78 is 38.9. The second kappa shape index (κ2) is 5.39. The van der Waals surface area contributed by atoms with Crippen molar-refractivity contribution in [3.8, 4) is 6.07 Å². The van der Waals surface area contributed by atoms with E-state index in [1.807, 2.05) is 6.07 Å². The maximum Gasteiger partial charge on any atom is 0.431 e. The first kappa shape index (κ1) is 17.6. The van der Waals surface area contributed by atoms with Crippen molar-refractivity contribution in [3.05, 3.63) is 29.3 Å². The maximum absolute atomic E-state index is 13.0. The Kier molecular flexibility index (Phi) is 3.65. The molecule has 2 aliphatic rings. The summed E-state index contributed by atoms with van der Waals surface area (Å²) in [6.07, 6.45) is -5.67. The lowest BCUT2D eigenvalue weighted by Gasteiger charge is -2.39. The van der Waals surface area contributed by atoms with Gasteiger partial charge in [-0.2, -0.15) is 23.5 Å². The van der Waals surface area contributed by atoms with Gasteiger partial charge in [-0.3, -0.25) is 14.4 Å². The van der Waals surface area contributed by atoms with E-state index in [0.717, 1.165) is 6.92 Å². The summed E-state index contributed by atoms with van der Waals surface area (Å²) in [4.78, 5) is 38.0. The van der Waals surface area contributed by atoms with Crippen LogP contribution < -0.4 is 4.90 Å². The Hall–Kier alpha value is -3.22. The molecule has 0 unspecified atom stereocenters. The minimum Gasteiger partial charge on any atom is -0.271 e. The summed E-state index contributed by atoms with van der Waals surface area (Å²) in [7, 11) is 0. The molecule has 10 heteroatoms. The Bertz CT molecular complexity index is 932. The van der Waals surface area contributed by atoms with Crippen molar-refractivity contribution in [2.75, 3.05) is 4.90 Å². The van der Waals surface area contributed by atoms with Gasteiger partial charge in [-0.25, -0.2) is 9.91 Å². The first-order valence-corrected chi connectivity index (χ1v) is 7.39. The van der Waals surface area contributed by atoms with Crippen molar-refractivity contribution in [3.63, 3.8) is 0 Å². The highest BCUT2D eigenvalue weighted by Crippen LogP contribution is 2.39. The second-order valence-corrected chi connectivity index (χ2v) is 6.17. The molecule has 0 aliphatic carbocycles. The molecule has 0 saturated carbocycles. The Balaban J connectivity index is 2.07. The van der Waals surface area contributed by atoms with Crippen LogP contribution in [0.15, 0.2) is 23.3 Å². The molecule has 1 atom stereocenters. The lowest BCUT2D eigenvalue weighted by molar-refractivity contribution is -0.157. The third-order valence-corrected chi connectivity index (χ3v) is 4.36. The van der Waals surface area contributed by atoms with Crippen molar-refractivity contribution in [1.82, 2.24) is 5.01 Å². The highest BCUT2D eigenvalue weighted by Gasteiger charge is 2.61. The number of nitrogens with zero attached hydrogens (tertiary/aromatic N) is 4. The topological polar surface area (TPSA) is 93.8 Å². The van der Waals surface area contributed by atoms with Gasteiger partial charge in [0.25, 0.3) is 5.91 Å². The van der Waals surface area contributed by atoms with Gasteiger partial charge in [0.2, 0.25) is 0 Å². The molecule has 0 radical (unpaired) electrons. The van der Waals surface area contributed by atoms with Gasteiger partial charge in [-0.1, -0.05) is 0 Å². The summed E-state index contributed by atoms with van der Waals surface area (Å²) in [5, 5.41) is 12.4. The molecule has 0 spiro atoms. The van der Waals surface area contributed by atoms with Crippen LogP contribution in [-0.2, 0) is 14.4 Å². The Labute approximate surface area is 145 Å². The number of anilines is 1. The van der Waals surface area contributed by atoms with Gasteiger partial charge in [-0.05, 0) is 37.6 Å². The van der Waals surface area contributed by atoms with Gasteiger partial charge in [0.1, 0.15) is 11.3 Å². The molecule has 1 saturated heterocycles. The lowest BCUT2D eigenvalue weighted by Crippen LogP contribution is -2.66. The fourth-order valence-corrected chi connectivity index (χ4v) is 2.93. The van der Waals surface area contributed by atoms with Crippen LogP contribution in [0.5, 0.6) is 0 Å². The minimum atomic E-state index is -4.82. The molecular weight excluding hydrogens is 353 g/mol. The molecule has 1 aromatic rings. The number of fused-ring (bicyclic) bond motifs is 1. The molecule has 0 aromatic heterocycles. The van der Waals surface area contributed by atoms with Gasteiger partial charge in [-0.15, -0.1) is 0 Å². The number of carbonyl (C=O) groups excluding carboxylic acids is 3. The van der Waals surface area contributed by atoms with Crippen LogP contribution >= 0.6 is 0 Å². The van der Waals surface area contributed by atoms with Gasteiger partial charge in [0, 0.05) is 6.42 Å². The summed E-state index contributed by atoms with van der Waals surface area (Å²) in [5.41, 5.74) is -2.49. The summed E-state index contributed by atoms with van der Waals surface area (Å²) >= 11 is 0. The molecule has 7 nitrogen and oxygen atoms in total. The molecular formula is C16H11F3N4O3. The fraction of sp³-hybridized carbons (Fsp3) is 0.312. The number of hydrazone groups is 1. The van der Waals surface area contributed by atoms with Gasteiger partial charge < -0.3 is 0 Å². The highest BCUT2D eigenvalue weighted by molar-refractivity contribution is 6.49. The number of carbonyl (C=O) groups is 3. The minimum absolute atomic E-state index is 0.00573.